The lowest BCUT2D eigenvalue weighted by Crippen LogP contribution is -2.33. The van der Waals surface area contributed by atoms with Crippen molar-refractivity contribution in [2.75, 3.05) is 24.5 Å². The van der Waals surface area contributed by atoms with Gasteiger partial charge in [-0.05, 0) is 48.9 Å². The molecule has 2 N–H and O–H groups in total. The number of aliphatic imine (C=N–C) groups is 1. The Balaban J connectivity index is 2.60. The molecule has 0 aliphatic heterocycles. The molecule has 0 aromatic heterocycles. The molecule has 0 atom stereocenters. The van der Waals surface area contributed by atoms with Crippen LogP contribution < -0.4 is 10.6 Å². The molecule has 22 heavy (non-hydrogen) atoms. The van der Waals surface area contributed by atoms with Gasteiger partial charge >= 0.3 is 0 Å². The number of benzene rings is 2. The molecule has 0 spiro atoms. The van der Waals surface area contributed by atoms with Gasteiger partial charge in [0.05, 0.1) is 16.4 Å². The van der Waals surface area contributed by atoms with Gasteiger partial charge in [0.2, 0.25) is 0 Å². The Hall–Kier alpha value is -1.30. The van der Waals surface area contributed by atoms with E-state index in [-0.39, 0.29) is 0 Å². The van der Waals surface area contributed by atoms with Crippen LogP contribution in [0.5, 0.6) is 0 Å². The molecule has 0 unspecified atom stereocenters. The molecule has 116 valence electrons. The van der Waals surface area contributed by atoms with Crippen molar-refractivity contribution >= 4 is 52.5 Å². The summed E-state index contributed by atoms with van der Waals surface area (Å²) >= 11 is 9.75. The van der Waals surface area contributed by atoms with Crippen molar-refractivity contribution in [3.05, 3.63) is 47.5 Å². The van der Waals surface area contributed by atoms with Gasteiger partial charge in [-0.1, -0.05) is 17.7 Å². The third-order valence-corrected chi connectivity index (χ3v) is 4.93. The monoisotopic (exact) mass is 351 g/mol. The third kappa shape index (κ3) is 3.72. The van der Waals surface area contributed by atoms with E-state index in [1.165, 1.54) is 0 Å². The summed E-state index contributed by atoms with van der Waals surface area (Å²) in [6.07, 6.45) is 4.07. The van der Waals surface area contributed by atoms with E-state index in [0.717, 1.165) is 21.2 Å². The van der Waals surface area contributed by atoms with E-state index in [9.17, 15) is 0 Å². The van der Waals surface area contributed by atoms with Crippen molar-refractivity contribution in [2.24, 2.45) is 10.7 Å². The lowest BCUT2D eigenvalue weighted by atomic mass is 10.2. The van der Waals surface area contributed by atoms with Gasteiger partial charge in [-0.2, -0.15) is 0 Å². The van der Waals surface area contributed by atoms with Crippen LogP contribution in [0.1, 0.15) is 0 Å². The predicted molar refractivity (Wildman–Crippen MR) is 101 cm³/mol. The summed E-state index contributed by atoms with van der Waals surface area (Å²) in [6, 6.07) is 14.0. The van der Waals surface area contributed by atoms with Crippen LogP contribution in [0.25, 0.3) is 0 Å². The summed E-state index contributed by atoms with van der Waals surface area (Å²) < 4.78 is 0. The fourth-order valence-electron chi connectivity index (χ4n) is 2.04. The van der Waals surface area contributed by atoms with Crippen LogP contribution in [0.3, 0.4) is 0 Å². The Morgan fingerprint density at radius 2 is 1.77 bits per heavy atom. The van der Waals surface area contributed by atoms with E-state index in [2.05, 4.69) is 17.1 Å². The zero-order valence-corrected chi connectivity index (χ0v) is 15.1. The maximum absolute atomic E-state index is 6.41. The third-order valence-electron chi connectivity index (χ3n) is 3.16. The minimum absolute atomic E-state index is 0.401. The molecule has 2 rings (SSSR count). The molecule has 0 aliphatic rings. The Bertz CT molecular complexity index is 689. The van der Waals surface area contributed by atoms with Gasteiger partial charge in [0, 0.05) is 16.8 Å². The first-order valence-corrected chi connectivity index (χ1v) is 9.43. The minimum Gasteiger partial charge on any atom is -0.369 e. The first kappa shape index (κ1) is 17.1. The molecular weight excluding hydrogens is 334 g/mol. The molecular formula is C16H18ClN3S2. The molecule has 0 aliphatic carbocycles. The Morgan fingerprint density at radius 1 is 1.09 bits per heavy atom. The van der Waals surface area contributed by atoms with E-state index in [1.54, 1.807) is 30.6 Å². The molecule has 2 aromatic rings. The van der Waals surface area contributed by atoms with Gasteiger partial charge < -0.3 is 5.73 Å². The molecule has 2 aromatic carbocycles. The van der Waals surface area contributed by atoms with Crippen molar-refractivity contribution in [1.29, 1.82) is 0 Å². The number of nitrogens with zero attached hydrogens (tertiary/aromatic N) is 2. The predicted octanol–water partition coefficient (Wildman–Crippen LogP) is 4.87. The van der Waals surface area contributed by atoms with E-state index in [0.29, 0.717) is 11.0 Å². The van der Waals surface area contributed by atoms with Crippen molar-refractivity contribution in [2.45, 2.75) is 9.79 Å². The molecule has 0 amide bonds. The highest BCUT2D eigenvalue weighted by atomic mass is 35.5. The molecule has 3 nitrogen and oxygen atoms in total. The number of guanidine groups is 1. The van der Waals surface area contributed by atoms with Gasteiger partial charge in [0.25, 0.3) is 0 Å². The number of thioether (sulfide) groups is 2. The molecule has 6 heteroatoms. The van der Waals surface area contributed by atoms with Crippen molar-refractivity contribution < 1.29 is 0 Å². The largest absolute Gasteiger partial charge is 0.369 e. The van der Waals surface area contributed by atoms with Gasteiger partial charge in [-0.3, -0.25) is 9.89 Å². The van der Waals surface area contributed by atoms with E-state index < -0.39 is 0 Å². The fourth-order valence-corrected chi connectivity index (χ4v) is 3.12. The second-order valence-electron chi connectivity index (χ2n) is 4.44. The zero-order chi connectivity index (χ0) is 16.1. The summed E-state index contributed by atoms with van der Waals surface area (Å²) in [4.78, 5) is 8.29. The zero-order valence-electron chi connectivity index (χ0n) is 12.7. The first-order chi connectivity index (χ1) is 10.6. The maximum Gasteiger partial charge on any atom is 0.200 e. The minimum atomic E-state index is 0.401. The smallest absolute Gasteiger partial charge is 0.200 e. The topological polar surface area (TPSA) is 41.6 Å². The quantitative estimate of drug-likeness (QED) is 0.485. The molecule has 0 radical (unpaired) electrons. The number of hydrogen-bond acceptors (Lipinski definition) is 3. The number of halogens is 1. The second kappa shape index (κ2) is 7.81. The Labute approximate surface area is 144 Å². The molecule has 0 bridgehead atoms. The fraction of sp³-hybridized carbons (Fsp3) is 0.188. The normalized spacial score (nSPS) is 11.5. The molecule has 0 saturated heterocycles. The van der Waals surface area contributed by atoms with Gasteiger partial charge in [0.1, 0.15) is 0 Å². The average Bonchev–Trinajstić information content (AvgIpc) is 2.56. The van der Waals surface area contributed by atoms with Crippen molar-refractivity contribution in [1.82, 2.24) is 0 Å². The Kier molecular flexibility index (Phi) is 6.06. The summed E-state index contributed by atoms with van der Waals surface area (Å²) in [6.45, 7) is 0. The summed E-state index contributed by atoms with van der Waals surface area (Å²) in [5.74, 6) is 0.401. The highest BCUT2D eigenvalue weighted by Crippen LogP contribution is 2.35. The highest BCUT2D eigenvalue weighted by Gasteiger charge is 2.17. The second-order valence-corrected chi connectivity index (χ2v) is 6.60. The standard InChI is InChI=1S/C16H18ClN3S2/c1-19-16(18)20(11-5-4-6-12(9-11)21-2)15-10-13(22-3)7-8-14(15)17/h4-10H,1-3H3,(H2,18,19). The number of nitrogens with two attached hydrogens (primary N) is 1. The van der Waals surface area contributed by atoms with Crippen LogP contribution in [-0.4, -0.2) is 25.5 Å². The lowest BCUT2D eigenvalue weighted by Gasteiger charge is -2.25. The van der Waals surface area contributed by atoms with Crippen molar-refractivity contribution in [3.63, 3.8) is 0 Å². The van der Waals surface area contributed by atoms with Gasteiger partial charge in [-0.15, -0.1) is 23.5 Å². The van der Waals surface area contributed by atoms with E-state index in [1.807, 2.05) is 47.7 Å². The SMILES string of the molecule is CN=C(N)N(c1cccc(SC)c1)c1cc(SC)ccc1Cl. The van der Waals surface area contributed by atoms with Crippen LogP contribution in [-0.2, 0) is 0 Å². The molecule has 0 fully saturated rings. The number of rotatable bonds is 4. The van der Waals surface area contributed by atoms with E-state index in [4.69, 9.17) is 17.3 Å². The first-order valence-electron chi connectivity index (χ1n) is 6.60. The van der Waals surface area contributed by atoms with Crippen LogP contribution in [0.15, 0.2) is 57.2 Å². The van der Waals surface area contributed by atoms with Crippen LogP contribution >= 0.6 is 35.1 Å². The average molecular weight is 352 g/mol. The van der Waals surface area contributed by atoms with Crippen LogP contribution in [0.2, 0.25) is 5.02 Å². The molecule has 0 heterocycles. The Morgan fingerprint density at radius 3 is 2.41 bits per heavy atom. The van der Waals surface area contributed by atoms with Crippen LogP contribution in [0, 0.1) is 0 Å². The molecule has 0 saturated carbocycles. The summed E-state index contributed by atoms with van der Waals surface area (Å²) in [5.41, 5.74) is 7.91. The maximum atomic E-state index is 6.41. The van der Waals surface area contributed by atoms with E-state index >= 15 is 0 Å². The number of anilines is 2. The lowest BCUT2D eigenvalue weighted by molar-refractivity contribution is 1.23. The van der Waals surface area contributed by atoms with Crippen LogP contribution in [0.4, 0.5) is 11.4 Å². The van der Waals surface area contributed by atoms with Crippen molar-refractivity contribution in [3.8, 4) is 0 Å². The highest BCUT2D eigenvalue weighted by molar-refractivity contribution is 7.98. The van der Waals surface area contributed by atoms with Gasteiger partial charge in [-0.25, -0.2) is 0 Å². The van der Waals surface area contributed by atoms with Gasteiger partial charge in [0.15, 0.2) is 5.96 Å². The summed E-state index contributed by atoms with van der Waals surface area (Å²) in [5, 5.41) is 0.638. The summed E-state index contributed by atoms with van der Waals surface area (Å²) in [7, 11) is 1.67. The number of hydrogen-bond donors (Lipinski definition) is 1.